The summed E-state index contributed by atoms with van der Waals surface area (Å²) in [6.07, 6.45) is 0. The Labute approximate surface area is 89.1 Å². The van der Waals surface area contributed by atoms with Crippen molar-refractivity contribution in [2.24, 2.45) is 0 Å². The van der Waals surface area contributed by atoms with E-state index in [-0.39, 0.29) is 5.25 Å². The SMILES string of the molecule is CC(S)c1ccc(Br)cc1Br. The third-order valence-corrected chi connectivity index (χ3v) is 2.87. The highest BCUT2D eigenvalue weighted by Gasteiger charge is 2.04. The van der Waals surface area contributed by atoms with Gasteiger partial charge in [-0.25, -0.2) is 0 Å². The third kappa shape index (κ3) is 2.49. The van der Waals surface area contributed by atoms with E-state index in [2.05, 4.69) is 57.5 Å². The van der Waals surface area contributed by atoms with Gasteiger partial charge in [-0.15, -0.1) is 0 Å². The molecule has 1 rings (SSSR count). The molecule has 0 bridgehead atoms. The maximum atomic E-state index is 4.35. The van der Waals surface area contributed by atoms with Crippen LogP contribution in [-0.2, 0) is 0 Å². The molecule has 0 aliphatic carbocycles. The van der Waals surface area contributed by atoms with Gasteiger partial charge in [0.2, 0.25) is 0 Å². The Morgan fingerprint density at radius 1 is 1.36 bits per heavy atom. The van der Waals surface area contributed by atoms with E-state index < -0.39 is 0 Å². The van der Waals surface area contributed by atoms with Crippen LogP contribution in [0.5, 0.6) is 0 Å². The predicted molar refractivity (Wildman–Crippen MR) is 59.2 cm³/mol. The number of thiol groups is 1. The van der Waals surface area contributed by atoms with Gasteiger partial charge in [0.05, 0.1) is 0 Å². The number of hydrogen-bond donors (Lipinski definition) is 1. The molecule has 0 spiro atoms. The first-order chi connectivity index (χ1) is 5.11. The topological polar surface area (TPSA) is 0 Å². The molecular formula is C8H8Br2S. The predicted octanol–water partition coefficient (Wildman–Crippen LogP) is 4.20. The Morgan fingerprint density at radius 2 is 2.00 bits per heavy atom. The molecule has 0 amide bonds. The van der Waals surface area contributed by atoms with Crippen LogP contribution in [0.25, 0.3) is 0 Å². The molecule has 0 saturated heterocycles. The van der Waals surface area contributed by atoms with Gasteiger partial charge in [0.25, 0.3) is 0 Å². The first kappa shape index (κ1) is 9.62. The minimum Gasteiger partial charge on any atom is -0.171 e. The molecule has 11 heavy (non-hydrogen) atoms. The molecule has 0 fully saturated rings. The highest BCUT2D eigenvalue weighted by atomic mass is 79.9. The average molecular weight is 296 g/mol. The van der Waals surface area contributed by atoms with Crippen LogP contribution in [0.2, 0.25) is 0 Å². The van der Waals surface area contributed by atoms with E-state index in [0.717, 1.165) is 8.95 Å². The van der Waals surface area contributed by atoms with Gasteiger partial charge in [0.15, 0.2) is 0 Å². The van der Waals surface area contributed by atoms with Gasteiger partial charge >= 0.3 is 0 Å². The number of rotatable bonds is 1. The van der Waals surface area contributed by atoms with E-state index in [1.165, 1.54) is 5.56 Å². The molecule has 1 unspecified atom stereocenters. The van der Waals surface area contributed by atoms with Crippen molar-refractivity contribution in [3.05, 3.63) is 32.7 Å². The Hall–Kier alpha value is 0.530. The summed E-state index contributed by atoms with van der Waals surface area (Å²) in [5.74, 6) is 0. The molecular weight excluding hydrogens is 288 g/mol. The van der Waals surface area contributed by atoms with Gasteiger partial charge < -0.3 is 0 Å². The molecule has 0 aliphatic heterocycles. The lowest BCUT2D eigenvalue weighted by Crippen LogP contribution is -1.85. The lowest BCUT2D eigenvalue weighted by Gasteiger charge is -2.06. The van der Waals surface area contributed by atoms with Gasteiger partial charge in [-0.3, -0.25) is 0 Å². The zero-order valence-corrected chi connectivity index (χ0v) is 10.1. The standard InChI is InChI=1S/C8H8Br2S/c1-5(11)7-3-2-6(9)4-8(7)10/h2-5,11H,1H3. The van der Waals surface area contributed by atoms with Crippen LogP contribution in [0.1, 0.15) is 17.7 Å². The van der Waals surface area contributed by atoms with Gasteiger partial charge in [-0.2, -0.15) is 12.6 Å². The summed E-state index contributed by atoms with van der Waals surface area (Å²) in [5.41, 5.74) is 1.22. The molecule has 1 atom stereocenters. The minimum atomic E-state index is 0.275. The van der Waals surface area contributed by atoms with Crippen molar-refractivity contribution in [2.45, 2.75) is 12.2 Å². The van der Waals surface area contributed by atoms with Crippen molar-refractivity contribution in [1.29, 1.82) is 0 Å². The highest BCUT2D eigenvalue weighted by molar-refractivity contribution is 9.11. The van der Waals surface area contributed by atoms with E-state index in [9.17, 15) is 0 Å². The molecule has 1 aromatic rings. The lowest BCUT2D eigenvalue weighted by atomic mass is 10.2. The fraction of sp³-hybridized carbons (Fsp3) is 0.250. The largest absolute Gasteiger partial charge is 0.171 e. The van der Waals surface area contributed by atoms with Crippen LogP contribution < -0.4 is 0 Å². The van der Waals surface area contributed by atoms with Crippen molar-refractivity contribution in [2.75, 3.05) is 0 Å². The summed E-state index contributed by atoms with van der Waals surface area (Å²) in [5, 5.41) is 0.275. The summed E-state index contributed by atoms with van der Waals surface area (Å²) in [4.78, 5) is 0. The van der Waals surface area contributed by atoms with Gasteiger partial charge in [-0.05, 0) is 24.6 Å². The van der Waals surface area contributed by atoms with Crippen LogP contribution in [0, 0.1) is 0 Å². The zero-order valence-electron chi connectivity index (χ0n) is 6.01. The molecule has 0 aliphatic rings. The Kier molecular flexibility index (Phi) is 3.47. The summed E-state index contributed by atoms with van der Waals surface area (Å²) in [7, 11) is 0. The number of benzene rings is 1. The van der Waals surface area contributed by atoms with Crippen LogP contribution in [0.3, 0.4) is 0 Å². The molecule has 0 heterocycles. The Balaban J connectivity index is 3.09. The maximum Gasteiger partial charge on any atom is 0.0250 e. The van der Waals surface area contributed by atoms with E-state index >= 15 is 0 Å². The minimum absolute atomic E-state index is 0.275. The molecule has 0 nitrogen and oxygen atoms in total. The maximum absolute atomic E-state index is 4.35. The monoisotopic (exact) mass is 294 g/mol. The number of halogens is 2. The van der Waals surface area contributed by atoms with E-state index in [1.54, 1.807) is 0 Å². The third-order valence-electron chi connectivity index (χ3n) is 1.41. The Bertz CT molecular complexity index is 258. The Morgan fingerprint density at radius 3 is 2.45 bits per heavy atom. The number of hydrogen-bond acceptors (Lipinski definition) is 1. The second kappa shape index (κ2) is 3.97. The first-order valence-electron chi connectivity index (χ1n) is 3.24. The normalized spacial score (nSPS) is 13.1. The van der Waals surface area contributed by atoms with E-state index in [1.807, 2.05) is 12.1 Å². The summed E-state index contributed by atoms with van der Waals surface area (Å²) in [6, 6.07) is 6.11. The van der Waals surface area contributed by atoms with Gasteiger partial charge in [-0.1, -0.05) is 37.9 Å². The van der Waals surface area contributed by atoms with Crippen molar-refractivity contribution in [1.82, 2.24) is 0 Å². The lowest BCUT2D eigenvalue weighted by molar-refractivity contribution is 1.10. The van der Waals surface area contributed by atoms with Crippen molar-refractivity contribution < 1.29 is 0 Å². The van der Waals surface area contributed by atoms with Gasteiger partial charge in [0.1, 0.15) is 0 Å². The van der Waals surface area contributed by atoms with E-state index in [0.29, 0.717) is 0 Å². The average Bonchev–Trinajstić information content (AvgIpc) is 1.85. The fourth-order valence-electron chi connectivity index (χ4n) is 0.840. The van der Waals surface area contributed by atoms with Gasteiger partial charge in [0, 0.05) is 14.2 Å². The fourth-order valence-corrected chi connectivity index (χ4v) is 2.63. The zero-order chi connectivity index (χ0) is 8.43. The summed E-state index contributed by atoms with van der Waals surface area (Å²) in [6.45, 7) is 2.05. The molecule has 60 valence electrons. The summed E-state index contributed by atoms with van der Waals surface area (Å²) >= 11 is 11.2. The molecule has 0 N–H and O–H groups in total. The molecule has 0 radical (unpaired) electrons. The smallest absolute Gasteiger partial charge is 0.0250 e. The molecule has 0 saturated carbocycles. The first-order valence-corrected chi connectivity index (χ1v) is 5.34. The molecule has 1 aromatic carbocycles. The quantitative estimate of drug-likeness (QED) is 0.738. The van der Waals surface area contributed by atoms with Crippen LogP contribution in [0.15, 0.2) is 27.1 Å². The van der Waals surface area contributed by atoms with Crippen molar-refractivity contribution in [3.63, 3.8) is 0 Å². The summed E-state index contributed by atoms with van der Waals surface area (Å²) < 4.78 is 2.19. The highest BCUT2D eigenvalue weighted by Crippen LogP contribution is 2.29. The van der Waals surface area contributed by atoms with Crippen molar-refractivity contribution in [3.8, 4) is 0 Å². The molecule has 0 aromatic heterocycles. The van der Waals surface area contributed by atoms with Crippen LogP contribution >= 0.6 is 44.5 Å². The second-order valence-corrected chi connectivity index (χ2v) is 4.89. The van der Waals surface area contributed by atoms with Crippen LogP contribution in [0.4, 0.5) is 0 Å². The van der Waals surface area contributed by atoms with E-state index in [4.69, 9.17) is 0 Å². The molecule has 3 heteroatoms. The van der Waals surface area contributed by atoms with Crippen LogP contribution in [-0.4, -0.2) is 0 Å². The van der Waals surface area contributed by atoms with Crippen molar-refractivity contribution >= 4 is 44.5 Å². The second-order valence-electron chi connectivity index (χ2n) is 2.34.